The molecule has 186 valence electrons. The number of aliphatic hydroxyl groups is 3. The van der Waals surface area contributed by atoms with Crippen LogP contribution in [0.2, 0.25) is 0 Å². The quantitative estimate of drug-likeness (QED) is 0.0788. The fourth-order valence-electron chi connectivity index (χ4n) is 3.97. The van der Waals surface area contributed by atoms with Gasteiger partial charge in [0.15, 0.2) is 23.3 Å². The van der Waals surface area contributed by atoms with Crippen LogP contribution in [-0.4, -0.2) is 21.3 Å². The van der Waals surface area contributed by atoms with E-state index in [1.807, 2.05) is 0 Å². The Bertz CT molecular complexity index is 648. The van der Waals surface area contributed by atoms with Crippen molar-refractivity contribution in [2.24, 2.45) is 5.92 Å². The molecule has 0 spiro atoms. The van der Waals surface area contributed by atoms with Crippen molar-refractivity contribution >= 4 is 0 Å². The average molecular weight is 469 g/mol. The van der Waals surface area contributed by atoms with Crippen LogP contribution in [0.4, 0.5) is 22.0 Å². The van der Waals surface area contributed by atoms with E-state index in [9.17, 15) is 37.3 Å². The molecule has 3 N–H and O–H groups in total. The van der Waals surface area contributed by atoms with E-state index in [2.05, 4.69) is 6.92 Å². The van der Waals surface area contributed by atoms with Gasteiger partial charge in [-0.15, -0.1) is 0 Å². The number of hydrogen-bond acceptors (Lipinski definition) is 3. The van der Waals surface area contributed by atoms with E-state index in [1.54, 1.807) is 0 Å². The maximum atomic E-state index is 13.6. The molecule has 0 aliphatic heterocycles. The van der Waals surface area contributed by atoms with Gasteiger partial charge in [-0.1, -0.05) is 77.6 Å². The second kappa shape index (κ2) is 14.8. The Morgan fingerprint density at radius 3 is 1.38 bits per heavy atom. The molecule has 1 unspecified atom stereocenters. The minimum Gasteiger partial charge on any atom is -0.343 e. The third kappa shape index (κ3) is 9.71. The molecule has 0 aliphatic rings. The van der Waals surface area contributed by atoms with E-state index in [0.29, 0.717) is 32.1 Å². The van der Waals surface area contributed by atoms with Crippen LogP contribution in [0.3, 0.4) is 0 Å². The highest BCUT2D eigenvalue weighted by atomic mass is 19.2. The van der Waals surface area contributed by atoms with Crippen LogP contribution in [0.1, 0.15) is 102 Å². The van der Waals surface area contributed by atoms with Crippen molar-refractivity contribution in [3.05, 3.63) is 34.6 Å². The predicted molar refractivity (Wildman–Crippen MR) is 113 cm³/mol. The van der Waals surface area contributed by atoms with Gasteiger partial charge in [0, 0.05) is 11.5 Å². The molecule has 1 aromatic rings. The van der Waals surface area contributed by atoms with Gasteiger partial charge in [-0.3, -0.25) is 0 Å². The Hall–Kier alpha value is -1.25. The van der Waals surface area contributed by atoms with E-state index in [-0.39, 0.29) is 6.42 Å². The van der Waals surface area contributed by atoms with E-state index >= 15 is 0 Å². The monoisotopic (exact) mass is 468 g/mol. The number of hydrogen-bond donors (Lipinski definition) is 3. The molecule has 1 aromatic carbocycles. The third-order valence-electron chi connectivity index (χ3n) is 5.98. The highest BCUT2D eigenvalue weighted by Gasteiger charge is 2.31. The van der Waals surface area contributed by atoms with Gasteiger partial charge in [-0.05, 0) is 25.7 Å². The summed E-state index contributed by atoms with van der Waals surface area (Å²) < 4.78 is 66.7. The fraction of sp³-hybridized carbons (Fsp3) is 0.750. The van der Waals surface area contributed by atoms with Crippen LogP contribution in [0.15, 0.2) is 0 Å². The minimum atomic E-state index is -2.68. The lowest BCUT2D eigenvalue weighted by Crippen LogP contribution is -2.37. The lowest BCUT2D eigenvalue weighted by atomic mass is 9.92. The van der Waals surface area contributed by atoms with Crippen LogP contribution in [0.5, 0.6) is 0 Å². The topological polar surface area (TPSA) is 60.7 Å². The zero-order chi connectivity index (χ0) is 24.1. The van der Waals surface area contributed by atoms with E-state index in [4.69, 9.17) is 0 Å². The highest BCUT2D eigenvalue weighted by Crippen LogP contribution is 2.27. The molecule has 0 amide bonds. The Kier molecular flexibility index (Phi) is 13.3. The first-order chi connectivity index (χ1) is 15.1. The summed E-state index contributed by atoms with van der Waals surface area (Å²) in [5, 5.41) is 28.7. The van der Waals surface area contributed by atoms with Crippen LogP contribution in [0, 0.1) is 35.0 Å². The summed E-state index contributed by atoms with van der Waals surface area (Å²) in [4.78, 5) is 0. The van der Waals surface area contributed by atoms with Gasteiger partial charge in [-0.25, -0.2) is 22.0 Å². The number of benzene rings is 1. The lowest BCUT2D eigenvalue weighted by Gasteiger charge is -2.26. The molecule has 0 aliphatic carbocycles. The van der Waals surface area contributed by atoms with Gasteiger partial charge in [0.25, 0.3) is 5.97 Å². The standard InChI is InChI=1S/C24H37F5O3/c1-2-3-4-5-8-11-14-17(24(30,31)32)15-12-9-6-7-10-13-16-18-19(25)21(27)23(29)22(28)20(18)26/h17,30-32H,2-16H2,1H3. The summed E-state index contributed by atoms with van der Waals surface area (Å²) in [6.07, 6.45) is 11.1. The largest absolute Gasteiger partial charge is 0.343 e. The summed E-state index contributed by atoms with van der Waals surface area (Å²) in [5.41, 5.74) is -0.774. The van der Waals surface area contributed by atoms with Crippen molar-refractivity contribution in [3.63, 3.8) is 0 Å². The Labute approximate surface area is 187 Å². The molecular weight excluding hydrogens is 431 g/mol. The molecule has 0 aromatic heterocycles. The van der Waals surface area contributed by atoms with Crippen molar-refractivity contribution in [3.8, 4) is 0 Å². The van der Waals surface area contributed by atoms with E-state index < -0.39 is 46.5 Å². The van der Waals surface area contributed by atoms with Crippen LogP contribution < -0.4 is 0 Å². The Morgan fingerprint density at radius 1 is 0.562 bits per heavy atom. The smallest absolute Gasteiger partial charge is 0.278 e. The second-order valence-electron chi connectivity index (χ2n) is 8.65. The molecule has 3 nitrogen and oxygen atoms in total. The molecule has 0 fully saturated rings. The number of unbranched alkanes of at least 4 members (excludes halogenated alkanes) is 10. The van der Waals surface area contributed by atoms with E-state index in [1.165, 1.54) is 6.42 Å². The van der Waals surface area contributed by atoms with Crippen LogP contribution in [-0.2, 0) is 6.42 Å². The maximum absolute atomic E-state index is 13.6. The van der Waals surface area contributed by atoms with Gasteiger partial charge in [0.1, 0.15) is 0 Å². The first-order valence-corrected chi connectivity index (χ1v) is 11.8. The summed E-state index contributed by atoms with van der Waals surface area (Å²) >= 11 is 0. The van der Waals surface area contributed by atoms with Crippen molar-refractivity contribution in [1.29, 1.82) is 0 Å². The fourth-order valence-corrected chi connectivity index (χ4v) is 3.97. The maximum Gasteiger partial charge on any atom is 0.278 e. The second-order valence-corrected chi connectivity index (χ2v) is 8.65. The normalized spacial score (nSPS) is 13.0. The minimum absolute atomic E-state index is 0.228. The van der Waals surface area contributed by atoms with Crippen molar-refractivity contribution in [2.75, 3.05) is 0 Å². The Balaban J connectivity index is 2.25. The first kappa shape index (κ1) is 28.8. The summed E-state index contributed by atoms with van der Waals surface area (Å²) in [6.45, 7) is 2.14. The third-order valence-corrected chi connectivity index (χ3v) is 5.98. The first-order valence-electron chi connectivity index (χ1n) is 11.8. The van der Waals surface area contributed by atoms with Gasteiger partial charge >= 0.3 is 0 Å². The summed E-state index contributed by atoms with van der Waals surface area (Å²) in [5.74, 6) is -12.8. The number of rotatable bonds is 17. The average Bonchev–Trinajstić information content (AvgIpc) is 2.74. The van der Waals surface area contributed by atoms with Crippen molar-refractivity contribution in [2.45, 2.75) is 109 Å². The lowest BCUT2D eigenvalue weighted by molar-refractivity contribution is -0.344. The molecule has 8 heteroatoms. The SMILES string of the molecule is CCCCCCCCC(CCCCCCCCc1c(F)c(F)c(F)c(F)c1F)C(O)(O)O. The molecule has 1 rings (SSSR count). The predicted octanol–water partition coefficient (Wildman–Crippen LogP) is 6.65. The van der Waals surface area contributed by atoms with Gasteiger partial charge in [0.2, 0.25) is 5.82 Å². The Morgan fingerprint density at radius 2 is 0.938 bits per heavy atom. The highest BCUT2D eigenvalue weighted by molar-refractivity contribution is 5.24. The number of halogens is 5. The molecule has 0 bridgehead atoms. The molecular formula is C24H37F5O3. The van der Waals surface area contributed by atoms with Crippen molar-refractivity contribution in [1.82, 2.24) is 0 Å². The summed E-state index contributed by atoms with van der Waals surface area (Å²) in [6, 6.07) is 0. The molecule has 0 saturated heterocycles. The van der Waals surface area contributed by atoms with Gasteiger partial charge in [-0.2, -0.15) is 0 Å². The summed E-state index contributed by atoms with van der Waals surface area (Å²) in [7, 11) is 0. The van der Waals surface area contributed by atoms with Crippen LogP contribution >= 0.6 is 0 Å². The van der Waals surface area contributed by atoms with Gasteiger partial charge in [0.05, 0.1) is 0 Å². The molecule has 0 radical (unpaired) electrons. The van der Waals surface area contributed by atoms with Gasteiger partial charge < -0.3 is 15.3 Å². The molecule has 1 atom stereocenters. The molecule has 32 heavy (non-hydrogen) atoms. The molecule has 0 heterocycles. The zero-order valence-electron chi connectivity index (χ0n) is 18.9. The zero-order valence-corrected chi connectivity index (χ0v) is 18.9. The van der Waals surface area contributed by atoms with Crippen LogP contribution in [0.25, 0.3) is 0 Å². The van der Waals surface area contributed by atoms with Crippen molar-refractivity contribution < 1.29 is 37.3 Å². The van der Waals surface area contributed by atoms with E-state index in [0.717, 1.165) is 51.4 Å². The molecule has 0 saturated carbocycles.